The minimum Gasteiger partial charge on any atom is -0.103 e. The van der Waals surface area contributed by atoms with Crippen molar-refractivity contribution >= 4 is 0 Å². The molecule has 0 N–H and O–H groups in total. The van der Waals surface area contributed by atoms with Gasteiger partial charge in [0.1, 0.15) is 0 Å². The van der Waals surface area contributed by atoms with Crippen LogP contribution in [-0.4, -0.2) is 0 Å². The van der Waals surface area contributed by atoms with E-state index in [9.17, 15) is 0 Å². The Kier molecular flexibility index (Phi) is 6.14. The summed E-state index contributed by atoms with van der Waals surface area (Å²) in [4.78, 5) is 0. The molecule has 0 heterocycles. The lowest BCUT2D eigenvalue weighted by Gasteiger charge is -2.23. The Morgan fingerprint density at radius 3 is 2.33 bits per heavy atom. The van der Waals surface area contributed by atoms with Gasteiger partial charge >= 0.3 is 0 Å². The number of unbranched alkanes of at least 4 members (excludes halogenated alkanes) is 2. The van der Waals surface area contributed by atoms with Crippen LogP contribution in [0.15, 0.2) is 12.7 Å². The van der Waals surface area contributed by atoms with E-state index in [1.807, 2.05) is 6.08 Å². The number of hydrogen-bond acceptors (Lipinski definition) is 0. The molecule has 0 aliphatic heterocycles. The summed E-state index contributed by atoms with van der Waals surface area (Å²) >= 11 is 0. The highest BCUT2D eigenvalue weighted by Crippen LogP contribution is 2.28. The fourth-order valence-corrected chi connectivity index (χ4v) is 1.69. The van der Waals surface area contributed by atoms with Gasteiger partial charge in [-0.1, -0.05) is 39.7 Å². The highest BCUT2D eigenvalue weighted by atomic mass is 14.2. The van der Waals surface area contributed by atoms with Gasteiger partial charge in [-0.2, -0.15) is 0 Å². The molecule has 0 rings (SSSR count). The maximum absolute atomic E-state index is 3.73. The van der Waals surface area contributed by atoms with Crippen molar-refractivity contribution in [3.63, 3.8) is 0 Å². The van der Waals surface area contributed by atoms with Gasteiger partial charge in [0.2, 0.25) is 0 Å². The van der Waals surface area contributed by atoms with Crippen LogP contribution in [0, 0.1) is 5.41 Å². The predicted octanol–water partition coefficient (Wildman–Crippen LogP) is 4.56. The topological polar surface area (TPSA) is 0 Å². The quantitative estimate of drug-likeness (QED) is 0.386. The van der Waals surface area contributed by atoms with Crippen LogP contribution in [0.4, 0.5) is 0 Å². The van der Waals surface area contributed by atoms with Crippen LogP contribution >= 0.6 is 0 Å². The number of rotatable bonds is 7. The lowest BCUT2D eigenvalue weighted by atomic mass is 9.83. The molecule has 0 radical (unpaired) electrons. The van der Waals surface area contributed by atoms with Gasteiger partial charge in [0, 0.05) is 0 Å². The standard InChI is InChI=1S/C12H24/c1-5-7-8-9-11-12(3,4)10-6-2/h5H,1,6-11H2,2-4H3. The lowest BCUT2D eigenvalue weighted by molar-refractivity contribution is 0.293. The first-order valence-electron chi connectivity index (χ1n) is 5.23. The molecule has 0 nitrogen and oxygen atoms in total. The smallest absolute Gasteiger partial charge is 0.0353 e. The van der Waals surface area contributed by atoms with Crippen LogP contribution in [0.5, 0.6) is 0 Å². The third kappa shape index (κ3) is 6.45. The first-order chi connectivity index (χ1) is 5.62. The summed E-state index contributed by atoms with van der Waals surface area (Å²) in [5.41, 5.74) is 0.565. The van der Waals surface area contributed by atoms with Gasteiger partial charge in [-0.15, -0.1) is 6.58 Å². The maximum atomic E-state index is 3.73. The second kappa shape index (κ2) is 6.28. The lowest BCUT2D eigenvalue weighted by Crippen LogP contribution is -2.10. The van der Waals surface area contributed by atoms with Crippen LogP contribution in [0.2, 0.25) is 0 Å². The molecule has 0 saturated heterocycles. The molecule has 0 saturated carbocycles. The van der Waals surface area contributed by atoms with E-state index in [1.165, 1.54) is 38.5 Å². The van der Waals surface area contributed by atoms with Crippen LogP contribution in [-0.2, 0) is 0 Å². The van der Waals surface area contributed by atoms with Crippen molar-refractivity contribution in [1.82, 2.24) is 0 Å². The van der Waals surface area contributed by atoms with E-state index in [4.69, 9.17) is 0 Å². The highest BCUT2D eigenvalue weighted by molar-refractivity contribution is 4.70. The third-order valence-corrected chi connectivity index (χ3v) is 2.44. The van der Waals surface area contributed by atoms with Gasteiger partial charge in [-0.05, 0) is 31.1 Å². The van der Waals surface area contributed by atoms with Crippen LogP contribution in [0.1, 0.15) is 59.3 Å². The fraction of sp³-hybridized carbons (Fsp3) is 0.833. The van der Waals surface area contributed by atoms with Gasteiger partial charge in [0.25, 0.3) is 0 Å². The average Bonchev–Trinajstić information content (AvgIpc) is 1.98. The Morgan fingerprint density at radius 2 is 1.83 bits per heavy atom. The van der Waals surface area contributed by atoms with E-state index in [1.54, 1.807) is 0 Å². The molecule has 0 aliphatic rings. The largest absolute Gasteiger partial charge is 0.103 e. The monoisotopic (exact) mass is 168 g/mol. The second-order valence-corrected chi connectivity index (χ2v) is 4.45. The summed E-state index contributed by atoms with van der Waals surface area (Å²) in [5, 5.41) is 0. The maximum Gasteiger partial charge on any atom is -0.0353 e. The normalized spacial score (nSPS) is 11.6. The molecule has 0 bridgehead atoms. The van der Waals surface area contributed by atoms with Crippen molar-refractivity contribution in [2.24, 2.45) is 5.41 Å². The molecular weight excluding hydrogens is 144 g/mol. The Bertz CT molecular complexity index is 111. The predicted molar refractivity (Wildman–Crippen MR) is 57.4 cm³/mol. The van der Waals surface area contributed by atoms with E-state index in [0.717, 1.165) is 0 Å². The van der Waals surface area contributed by atoms with E-state index >= 15 is 0 Å². The zero-order valence-corrected chi connectivity index (χ0v) is 9.03. The molecule has 0 aromatic heterocycles. The Labute approximate surface area is 78.1 Å². The van der Waals surface area contributed by atoms with E-state index in [-0.39, 0.29) is 0 Å². The molecule has 72 valence electrons. The van der Waals surface area contributed by atoms with Crippen LogP contribution in [0.3, 0.4) is 0 Å². The molecule has 0 atom stereocenters. The highest BCUT2D eigenvalue weighted by Gasteiger charge is 2.14. The molecule has 0 aromatic carbocycles. The minimum atomic E-state index is 0.565. The summed E-state index contributed by atoms with van der Waals surface area (Å²) in [6.45, 7) is 10.8. The molecule has 0 amide bonds. The van der Waals surface area contributed by atoms with E-state index in [0.29, 0.717) is 5.41 Å². The first kappa shape index (κ1) is 11.7. The molecule has 0 spiro atoms. The van der Waals surface area contributed by atoms with Crippen molar-refractivity contribution in [2.45, 2.75) is 59.3 Å². The van der Waals surface area contributed by atoms with Gasteiger partial charge in [0.15, 0.2) is 0 Å². The van der Waals surface area contributed by atoms with Gasteiger partial charge in [-0.3, -0.25) is 0 Å². The zero-order valence-electron chi connectivity index (χ0n) is 9.03. The number of allylic oxidation sites excluding steroid dienone is 1. The molecule has 0 fully saturated rings. The molecule has 0 aromatic rings. The summed E-state index contributed by atoms with van der Waals surface area (Å²) in [6.07, 6.45) is 9.93. The van der Waals surface area contributed by atoms with Crippen molar-refractivity contribution < 1.29 is 0 Å². The average molecular weight is 168 g/mol. The Morgan fingerprint density at radius 1 is 1.17 bits per heavy atom. The third-order valence-electron chi connectivity index (χ3n) is 2.44. The zero-order chi connectivity index (χ0) is 9.45. The molecular formula is C12H24. The van der Waals surface area contributed by atoms with Gasteiger partial charge < -0.3 is 0 Å². The molecule has 0 heteroatoms. The van der Waals surface area contributed by atoms with E-state index < -0.39 is 0 Å². The van der Waals surface area contributed by atoms with Crippen LogP contribution in [0.25, 0.3) is 0 Å². The Hall–Kier alpha value is -0.260. The van der Waals surface area contributed by atoms with Gasteiger partial charge in [0.05, 0.1) is 0 Å². The SMILES string of the molecule is C=CCCCCC(C)(C)CCC. The van der Waals surface area contributed by atoms with Crippen molar-refractivity contribution in [3.8, 4) is 0 Å². The summed E-state index contributed by atoms with van der Waals surface area (Å²) in [6, 6.07) is 0. The summed E-state index contributed by atoms with van der Waals surface area (Å²) in [7, 11) is 0. The van der Waals surface area contributed by atoms with Crippen LogP contribution < -0.4 is 0 Å². The first-order valence-corrected chi connectivity index (χ1v) is 5.23. The number of hydrogen-bond donors (Lipinski definition) is 0. The summed E-state index contributed by atoms with van der Waals surface area (Å²) in [5.74, 6) is 0. The van der Waals surface area contributed by atoms with Gasteiger partial charge in [-0.25, -0.2) is 0 Å². The summed E-state index contributed by atoms with van der Waals surface area (Å²) < 4.78 is 0. The van der Waals surface area contributed by atoms with Crippen molar-refractivity contribution in [2.75, 3.05) is 0 Å². The molecule has 0 aliphatic carbocycles. The molecule has 0 unspecified atom stereocenters. The van der Waals surface area contributed by atoms with Crippen molar-refractivity contribution in [3.05, 3.63) is 12.7 Å². The van der Waals surface area contributed by atoms with Crippen molar-refractivity contribution in [1.29, 1.82) is 0 Å². The second-order valence-electron chi connectivity index (χ2n) is 4.45. The Balaban J connectivity index is 3.39. The minimum absolute atomic E-state index is 0.565. The molecule has 12 heavy (non-hydrogen) atoms. The van der Waals surface area contributed by atoms with E-state index in [2.05, 4.69) is 27.4 Å². The fourth-order valence-electron chi connectivity index (χ4n) is 1.69.